The molecule has 0 spiro atoms. The molecule has 100 valence electrons. The van der Waals surface area contributed by atoms with E-state index in [9.17, 15) is 0 Å². The predicted octanol–water partition coefficient (Wildman–Crippen LogP) is 3.51. The van der Waals surface area contributed by atoms with E-state index in [0.717, 1.165) is 17.7 Å². The topological polar surface area (TPSA) is 21.3 Å². The van der Waals surface area contributed by atoms with E-state index in [4.69, 9.17) is 4.74 Å². The van der Waals surface area contributed by atoms with Crippen LogP contribution in [-0.2, 0) is 6.42 Å². The maximum atomic E-state index is 5.40. The summed E-state index contributed by atoms with van der Waals surface area (Å²) in [5.41, 5.74) is 3.68. The van der Waals surface area contributed by atoms with Gasteiger partial charge in [0.25, 0.3) is 0 Å². The molecular formula is C17H21NO. The number of hydrogen-bond donors (Lipinski definition) is 1. The van der Waals surface area contributed by atoms with Crippen LogP contribution in [-0.4, -0.2) is 20.2 Å². The maximum Gasteiger partial charge on any atom is 0.126 e. The molecule has 0 aromatic heterocycles. The lowest BCUT2D eigenvalue weighted by Gasteiger charge is -2.11. The smallest absolute Gasteiger partial charge is 0.126 e. The molecule has 0 heterocycles. The maximum absolute atomic E-state index is 5.40. The van der Waals surface area contributed by atoms with Crippen molar-refractivity contribution in [1.29, 1.82) is 0 Å². The molecule has 2 nitrogen and oxygen atoms in total. The summed E-state index contributed by atoms with van der Waals surface area (Å²) in [5.74, 6) is 0.916. The Morgan fingerprint density at radius 1 is 1.05 bits per heavy atom. The van der Waals surface area contributed by atoms with Gasteiger partial charge in [-0.05, 0) is 37.6 Å². The summed E-state index contributed by atoms with van der Waals surface area (Å²) in [6.45, 7) is 2.19. The molecule has 19 heavy (non-hydrogen) atoms. The van der Waals surface area contributed by atoms with Crippen molar-refractivity contribution in [3.8, 4) is 16.9 Å². The third kappa shape index (κ3) is 3.36. The van der Waals surface area contributed by atoms with Gasteiger partial charge in [0.1, 0.15) is 5.75 Å². The van der Waals surface area contributed by atoms with Crippen molar-refractivity contribution in [1.82, 2.24) is 5.32 Å². The summed E-state index contributed by atoms with van der Waals surface area (Å²) in [6, 6.07) is 17.3. The Morgan fingerprint density at radius 3 is 2.37 bits per heavy atom. The highest BCUT2D eigenvalue weighted by atomic mass is 16.5. The average Bonchev–Trinajstić information content (AvgIpc) is 2.48. The summed E-state index contributed by atoms with van der Waals surface area (Å²) >= 11 is 0. The van der Waals surface area contributed by atoms with Gasteiger partial charge in [0.15, 0.2) is 0 Å². The molecule has 2 rings (SSSR count). The highest BCUT2D eigenvalue weighted by Gasteiger charge is 2.05. The molecular weight excluding hydrogens is 234 g/mol. The Morgan fingerprint density at radius 2 is 1.74 bits per heavy atom. The lowest BCUT2D eigenvalue weighted by atomic mass is 10.0. The molecule has 0 radical (unpaired) electrons. The van der Waals surface area contributed by atoms with Crippen molar-refractivity contribution in [2.75, 3.05) is 14.2 Å². The quantitative estimate of drug-likeness (QED) is 0.882. The fraction of sp³-hybridized carbons (Fsp3) is 0.294. The molecule has 1 atom stereocenters. The number of ether oxygens (including phenoxy) is 1. The number of nitrogens with one attached hydrogen (secondary N) is 1. The van der Waals surface area contributed by atoms with E-state index in [1.807, 2.05) is 25.2 Å². The highest BCUT2D eigenvalue weighted by Crippen LogP contribution is 2.29. The van der Waals surface area contributed by atoms with Gasteiger partial charge in [-0.25, -0.2) is 0 Å². The van der Waals surface area contributed by atoms with Gasteiger partial charge in [-0.3, -0.25) is 0 Å². The molecule has 0 aliphatic rings. The van der Waals surface area contributed by atoms with E-state index in [2.05, 4.69) is 42.6 Å². The monoisotopic (exact) mass is 255 g/mol. The average molecular weight is 255 g/mol. The summed E-state index contributed by atoms with van der Waals surface area (Å²) in [5, 5.41) is 3.26. The first kappa shape index (κ1) is 13.6. The molecule has 2 heteroatoms. The first-order valence-electron chi connectivity index (χ1n) is 6.64. The zero-order chi connectivity index (χ0) is 13.7. The number of likely N-dealkylation sites (N-methyl/N-ethyl adjacent to an activating group) is 1. The third-order valence-electron chi connectivity index (χ3n) is 3.41. The van der Waals surface area contributed by atoms with Crippen molar-refractivity contribution < 1.29 is 4.74 Å². The predicted molar refractivity (Wildman–Crippen MR) is 80.7 cm³/mol. The van der Waals surface area contributed by atoms with E-state index >= 15 is 0 Å². The van der Waals surface area contributed by atoms with Crippen LogP contribution in [0.25, 0.3) is 11.1 Å². The Bertz CT molecular complexity index is 519. The van der Waals surface area contributed by atoms with Crippen molar-refractivity contribution >= 4 is 0 Å². The second kappa shape index (κ2) is 6.39. The van der Waals surface area contributed by atoms with E-state index in [0.29, 0.717) is 6.04 Å². The number of hydrogen-bond acceptors (Lipinski definition) is 2. The fourth-order valence-corrected chi connectivity index (χ4v) is 2.16. The highest BCUT2D eigenvalue weighted by molar-refractivity contribution is 5.70. The second-order valence-corrected chi connectivity index (χ2v) is 4.79. The summed E-state index contributed by atoms with van der Waals surface area (Å²) in [6.07, 6.45) is 1.04. The molecule has 2 aromatic rings. The number of benzene rings is 2. The molecule has 0 saturated heterocycles. The Balaban J connectivity index is 2.22. The van der Waals surface area contributed by atoms with Crippen LogP contribution in [0.1, 0.15) is 12.5 Å². The van der Waals surface area contributed by atoms with Crippen LogP contribution in [0.3, 0.4) is 0 Å². The van der Waals surface area contributed by atoms with Gasteiger partial charge in [-0.2, -0.15) is 0 Å². The third-order valence-corrected chi connectivity index (χ3v) is 3.41. The van der Waals surface area contributed by atoms with Crippen LogP contribution in [0.5, 0.6) is 5.75 Å². The normalized spacial score (nSPS) is 12.2. The molecule has 1 unspecified atom stereocenters. The molecule has 0 bridgehead atoms. The number of para-hydroxylation sites is 1. The summed E-state index contributed by atoms with van der Waals surface area (Å²) < 4.78 is 5.40. The molecule has 0 saturated carbocycles. The minimum absolute atomic E-state index is 0.497. The SMILES string of the molecule is CNC(C)Cc1ccc(-c2ccccc2OC)cc1. The van der Waals surface area contributed by atoms with Gasteiger partial charge in [0.05, 0.1) is 7.11 Å². The van der Waals surface area contributed by atoms with Gasteiger partial charge in [-0.15, -0.1) is 0 Å². The zero-order valence-corrected chi connectivity index (χ0v) is 11.8. The van der Waals surface area contributed by atoms with E-state index in [-0.39, 0.29) is 0 Å². The second-order valence-electron chi connectivity index (χ2n) is 4.79. The van der Waals surface area contributed by atoms with E-state index in [1.54, 1.807) is 7.11 Å². The lowest BCUT2D eigenvalue weighted by Crippen LogP contribution is -2.23. The van der Waals surface area contributed by atoms with Crippen molar-refractivity contribution in [3.05, 3.63) is 54.1 Å². The first-order chi connectivity index (χ1) is 9.24. The van der Waals surface area contributed by atoms with Crippen molar-refractivity contribution in [3.63, 3.8) is 0 Å². The van der Waals surface area contributed by atoms with Gasteiger partial charge in [0.2, 0.25) is 0 Å². The van der Waals surface area contributed by atoms with Crippen LogP contribution in [0.15, 0.2) is 48.5 Å². The minimum Gasteiger partial charge on any atom is -0.496 e. The molecule has 1 N–H and O–H groups in total. The lowest BCUT2D eigenvalue weighted by molar-refractivity contribution is 0.416. The molecule has 0 fully saturated rings. The Hall–Kier alpha value is -1.80. The summed E-state index contributed by atoms with van der Waals surface area (Å²) in [4.78, 5) is 0. The number of methoxy groups -OCH3 is 1. The standard InChI is InChI=1S/C17H21NO/c1-13(18-2)12-14-8-10-15(11-9-14)16-6-4-5-7-17(16)19-3/h4-11,13,18H,12H2,1-3H3. The molecule has 0 aliphatic carbocycles. The molecule has 2 aromatic carbocycles. The molecule has 0 amide bonds. The van der Waals surface area contributed by atoms with Gasteiger partial charge in [0, 0.05) is 11.6 Å². The fourth-order valence-electron chi connectivity index (χ4n) is 2.16. The van der Waals surface area contributed by atoms with Crippen molar-refractivity contribution in [2.24, 2.45) is 0 Å². The van der Waals surface area contributed by atoms with E-state index < -0.39 is 0 Å². The van der Waals surface area contributed by atoms with Gasteiger partial charge >= 0.3 is 0 Å². The minimum atomic E-state index is 0.497. The largest absolute Gasteiger partial charge is 0.496 e. The summed E-state index contributed by atoms with van der Waals surface area (Å²) in [7, 11) is 3.70. The van der Waals surface area contributed by atoms with Gasteiger partial charge < -0.3 is 10.1 Å². The van der Waals surface area contributed by atoms with Crippen LogP contribution < -0.4 is 10.1 Å². The Labute approximate surface area is 115 Å². The van der Waals surface area contributed by atoms with Crippen molar-refractivity contribution in [2.45, 2.75) is 19.4 Å². The van der Waals surface area contributed by atoms with Crippen LogP contribution >= 0.6 is 0 Å². The van der Waals surface area contributed by atoms with Gasteiger partial charge in [-0.1, -0.05) is 42.5 Å². The number of rotatable bonds is 5. The van der Waals surface area contributed by atoms with Crippen LogP contribution in [0.2, 0.25) is 0 Å². The van der Waals surface area contributed by atoms with Crippen LogP contribution in [0, 0.1) is 0 Å². The zero-order valence-electron chi connectivity index (χ0n) is 11.8. The first-order valence-corrected chi connectivity index (χ1v) is 6.64. The van der Waals surface area contributed by atoms with E-state index in [1.165, 1.54) is 11.1 Å². The van der Waals surface area contributed by atoms with Crippen LogP contribution in [0.4, 0.5) is 0 Å². The Kier molecular flexibility index (Phi) is 4.58. The molecule has 0 aliphatic heterocycles.